The number of aryl methyl sites for hydroxylation is 2. The number of imidazole rings is 1. The number of benzene rings is 1. The molecule has 2 atom stereocenters. The number of hydrogen-bond acceptors (Lipinski definition) is 5. The maximum Gasteiger partial charge on any atom is 0.271 e. The number of carbonyl (C=O) groups excluding carboxylic acids is 1. The zero-order valence-corrected chi connectivity index (χ0v) is 18.4. The predicted molar refractivity (Wildman–Crippen MR) is 120 cm³/mol. The third-order valence-corrected chi connectivity index (χ3v) is 6.60. The van der Waals surface area contributed by atoms with Crippen LogP contribution in [-0.4, -0.2) is 61.0 Å². The fraction of sp³-hybridized carbons (Fsp3) is 0.458. The zero-order chi connectivity index (χ0) is 22.1. The Morgan fingerprint density at radius 3 is 2.91 bits per heavy atom. The molecule has 0 fully saturated rings. The van der Waals surface area contributed by atoms with Crippen LogP contribution in [0.1, 0.15) is 45.3 Å². The summed E-state index contributed by atoms with van der Waals surface area (Å²) in [6.45, 7) is 3.33. The minimum atomic E-state index is -0.614. The van der Waals surface area contributed by atoms with Crippen molar-refractivity contribution in [2.45, 2.75) is 44.4 Å². The van der Waals surface area contributed by atoms with E-state index in [-0.39, 0.29) is 12.5 Å². The number of hydrogen-bond donors (Lipinski definition) is 2. The lowest BCUT2D eigenvalue weighted by atomic mass is 9.94. The molecule has 0 radical (unpaired) electrons. The summed E-state index contributed by atoms with van der Waals surface area (Å²) in [4.78, 5) is 19.4. The van der Waals surface area contributed by atoms with Crippen molar-refractivity contribution in [2.24, 2.45) is 7.05 Å². The van der Waals surface area contributed by atoms with Crippen molar-refractivity contribution in [3.63, 3.8) is 0 Å². The van der Waals surface area contributed by atoms with E-state index in [9.17, 15) is 9.90 Å². The lowest BCUT2D eigenvalue weighted by Gasteiger charge is -2.30. The van der Waals surface area contributed by atoms with Gasteiger partial charge in [0.05, 0.1) is 12.3 Å². The zero-order valence-electron chi connectivity index (χ0n) is 18.4. The van der Waals surface area contributed by atoms with Crippen molar-refractivity contribution in [1.82, 2.24) is 29.5 Å². The van der Waals surface area contributed by atoms with Crippen LogP contribution in [0.5, 0.6) is 0 Å². The Morgan fingerprint density at radius 1 is 1.25 bits per heavy atom. The molecule has 0 spiro atoms. The second kappa shape index (κ2) is 8.88. The first-order valence-electron chi connectivity index (χ1n) is 11.3. The smallest absolute Gasteiger partial charge is 0.271 e. The summed E-state index contributed by atoms with van der Waals surface area (Å²) in [5, 5.41) is 17.6. The Balaban J connectivity index is 1.13. The molecular formula is C24H30N6O2. The molecular weight excluding hydrogens is 404 g/mol. The molecule has 2 aromatic heterocycles. The molecule has 1 amide bonds. The van der Waals surface area contributed by atoms with Crippen LogP contribution < -0.4 is 5.32 Å². The van der Waals surface area contributed by atoms with Crippen LogP contribution in [0.15, 0.2) is 42.9 Å². The lowest BCUT2D eigenvalue weighted by molar-refractivity contribution is 0.0838. The van der Waals surface area contributed by atoms with Gasteiger partial charge in [0.1, 0.15) is 11.5 Å². The first kappa shape index (κ1) is 20.9. The lowest BCUT2D eigenvalue weighted by Crippen LogP contribution is -2.42. The van der Waals surface area contributed by atoms with Crippen LogP contribution in [0.2, 0.25) is 0 Å². The number of β-amino-alcohol motifs (C(OH)–C–C–N with tert-alkyl or cyclic N) is 1. The van der Waals surface area contributed by atoms with Crippen molar-refractivity contribution >= 4 is 5.91 Å². The van der Waals surface area contributed by atoms with Crippen LogP contribution in [0.25, 0.3) is 0 Å². The molecule has 0 saturated carbocycles. The topological polar surface area (TPSA) is 88.2 Å². The van der Waals surface area contributed by atoms with Gasteiger partial charge in [-0.2, -0.15) is 5.10 Å². The summed E-state index contributed by atoms with van der Waals surface area (Å²) in [5.41, 5.74) is 4.36. The summed E-state index contributed by atoms with van der Waals surface area (Å²) in [7, 11) is 1.93. The van der Waals surface area contributed by atoms with Gasteiger partial charge in [0.25, 0.3) is 5.91 Å². The van der Waals surface area contributed by atoms with E-state index in [1.165, 1.54) is 16.7 Å². The first-order valence-corrected chi connectivity index (χ1v) is 11.3. The standard InChI is InChI=1S/C24H30N6O2/c1-28-12-20(10-26-28)19-6-7-23-27-22(16-30(23)14-19)24(32)25-11-21(31)15-29-9-8-17-4-2-3-5-18(17)13-29/h2-5,10,12,16,19,21,31H,6-9,11,13-15H2,1H3,(H,25,32). The number of nitrogens with zero attached hydrogens (tertiary/aromatic N) is 5. The van der Waals surface area contributed by atoms with Gasteiger partial charge >= 0.3 is 0 Å². The number of rotatable bonds is 6. The molecule has 0 saturated heterocycles. The Labute approximate surface area is 187 Å². The molecule has 2 N–H and O–H groups in total. The number of aliphatic hydroxyl groups is 1. The monoisotopic (exact) mass is 434 g/mol. The maximum absolute atomic E-state index is 12.7. The second-order valence-corrected chi connectivity index (χ2v) is 9.00. The van der Waals surface area contributed by atoms with Crippen LogP contribution in [0, 0.1) is 0 Å². The quantitative estimate of drug-likeness (QED) is 0.614. The van der Waals surface area contributed by atoms with E-state index in [0.29, 0.717) is 18.2 Å². The Hall–Kier alpha value is -2.97. The Bertz CT molecular complexity index is 1100. The van der Waals surface area contributed by atoms with Crippen LogP contribution in [-0.2, 0) is 33.0 Å². The summed E-state index contributed by atoms with van der Waals surface area (Å²) in [6, 6.07) is 8.45. The molecule has 2 unspecified atom stereocenters. The van der Waals surface area contributed by atoms with E-state index in [1.807, 2.05) is 24.1 Å². The number of nitrogens with one attached hydrogen (secondary N) is 1. The number of amides is 1. The summed E-state index contributed by atoms with van der Waals surface area (Å²) in [5.74, 6) is 1.11. The molecule has 3 aromatic rings. The molecule has 32 heavy (non-hydrogen) atoms. The SMILES string of the molecule is Cn1cc(C2CCc3nc(C(=O)NCC(O)CN4CCc5ccccc5C4)cn3C2)cn1. The van der Waals surface area contributed by atoms with Gasteiger partial charge in [0.15, 0.2) is 0 Å². The molecule has 4 heterocycles. The van der Waals surface area contributed by atoms with E-state index >= 15 is 0 Å². The normalized spacial score (nSPS) is 19.2. The van der Waals surface area contributed by atoms with Gasteiger partial charge < -0.3 is 15.0 Å². The number of carbonyl (C=O) groups is 1. The van der Waals surface area contributed by atoms with Gasteiger partial charge in [-0.05, 0) is 29.5 Å². The highest BCUT2D eigenvalue weighted by Crippen LogP contribution is 2.28. The van der Waals surface area contributed by atoms with Crippen molar-refractivity contribution in [3.8, 4) is 0 Å². The van der Waals surface area contributed by atoms with Crippen molar-refractivity contribution < 1.29 is 9.90 Å². The average molecular weight is 435 g/mol. The highest BCUT2D eigenvalue weighted by atomic mass is 16.3. The number of fused-ring (bicyclic) bond motifs is 2. The third kappa shape index (κ3) is 4.47. The van der Waals surface area contributed by atoms with Crippen LogP contribution >= 0.6 is 0 Å². The minimum absolute atomic E-state index is 0.220. The second-order valence-electron chi connectivity index (χ2n) is 9.00. The van der Waals surface area contributed by atoms with E-state index in [0.717, 1.165) is 44.7 Å². The molecule has 8 heteroatoms. The van der Waals surface area contributed by atoms with Gasteiger partial charge in [-0.3, -0.25) is 14.4 Å². The maximum atomic E-state index is 12.7. The summed E-state index contributed by atoms with van der Waals surface area (Å²) in [6.07, 6.45) is 8.03. The fourth-order valence-corrected chi connectivity index (χ4v) is 4.85. The van der Waals surface area contributed by atoms with Crippen molar-refractivity contribution in [1.29, 1.82) is 0 Å². The molecule has 0 aliphatic carbocycles. The van der Waals surface area contributed by atoms with E-state index < -0.39 is 6.10 Å². The average Bonchev–Trinajstić information content (AvgIpc) is 3.43. The van der Waals surface area contributed by atoms with Gasteiger partial charge in [0.2, 0.25) is 0 Å². The first-order chi connectivity index (χ1) is 15.5. The summed E-state index contributed by atoms with van der Waals surface area (Å²) < 4.78 is 3.91. The molecule has 2 aliphatic heterocycles. The molecule has 0 bridgehead atoms. The van der Waals surface area contributed by atoms with Gasteiger partial charge in [0, 0.05) is 64.5 Å². The van der Waals surface area contributed by atoms with Gasteiger partial charge in [-0.25, -0.2) is 4.98 Å². The highest BCUT2D eigenvalue weighted by molar-refractivity contribution is 5.92. The largest absolute Gasteiger partial charge is 0.390 e. The van der Waals surface area contributed by atoms with E-state index in [1.54, 1.807) is 0 Å². The molecule has 8 nitrogen and oxygen atoms in total. The highest BCUT2D eigenvalue weighted by Gasteiger charge is 2.25. The van der Waals surface area contributed by atoms with E-state index in [4.69, 9.17) is 0 Å². The van der Waals surface area contributed by atoms with Gasteiger partial charge in [-0.1, -0.05) is 24.3 Å². The fourth-order valence-electron chi connectivity index (χ4n) is 4.85. The Morgan fingerprint density at radius 2 is 2.09 bits per heavy atom. The van der Waals surface area contributed by atoms with E-state index in [2.05, 4.69) is 55.3 Å². The minimum Gasteiger partial charge on any atom is -0.390 e. The Kier molecular flexibility index (Phi) is 5.80. The predicted octanol–water partition coefficient (Wildman–Crippen LogP) is 1.50. The van der Waals surface area contributed by atoms with Crippen molar-refractivity contribution in [3.05, 3.63) is 71.1 Å². The molecule has 1 aromatic carbocycles. The van der Waals surface area contributed by atoms with Gasteiger partial charge in [-0.15, -0.1) is 0 Å². The number of aliphatic hydroxyl groups excluding tert-OH is 1. The molecule has 5 rings (SSSR count). The molecule has 168 valence electrons. The summed E-state index contributed by atoms with van der Waals surface area (Å²) >= 11 is 0. The van der Waals surface area contributed by atoms with Crippen molar-refractivity contribution in [2.75, 3.05) is 19.6 Å². The number of aromatic nitrogens is 4. The third-order valence-electron chi connectivity index (χ3n) is 6.60. The van der Waals surface area contributed by atoms with Crippen LogP contribution in [0.4, 0.5) is 0 Å². The molecule has 2 aliphatic rings. The van der Waals surface area contributed by atoms with Crippen LogP contribution in [0.3, 0.4) is 0 Å².